The number of rotatable bonds is 5. The van der Waals surface area contributed by atoms with E-state index in [1.54, 1.807) is 30.3 Å². The number of carbonyl (C=O) groups excluding carboxylic acids is 3. The largest absolute Gasteiger partial charge is 0.352 e. The van der Waals surface area contributed by atoms with Crippen molar-refractivity contribution >= 4 is 34.2 Å². The van der Waals surface area contributed by atoms with E-state index in [0.29, 0.717) is 33.3 Å². The third kappa shape index (κ3) is 2.66. The highest BCUT2D eigenvalue weighted by Crippen LogP contribution is 2.29. The number of aromatic amines is 1. The summed E-state index contributed by atoms with van der Waals surface area (Å²) in [5.74, 6) is -0.984. The van der Waals surface area contributed by atoms with Gasteiger partial charge in [0.1, 0.15) is 0 Å². The summed E-state index contributed by atoms with van der Waals surface area (Å²) in [5.41, 5.74) is 2.09. The maximum absolute atomic E-state index is 12.5. The number of fused-ring (bicyclic) bond motifs is 2. The topological polar surface area (TPSA) is 113 Å². The summed E-state index contributed by atoms with van der Waals surface area (Å²) in [6.45, 7) is 1.47. The molecule has 1 aliphatic rings. The molecule has 28 heavy (non-hydrogen) atoms. The highest BCUT2D eigenvalue weighted by molar-refractivity contribution is 6.21. The maximum atomic E-state index is 12.5. The summed E-state index contributed by atoms with van der Waals surface area (Å²) in [6.07, 6.45) is 0.210. The number of nitrogens with one attached hydrogen (secondary N) is 1. The number of benzene rings is 2. The Hall–Kier alpha value is -3.81. The molecule has 0 saturated carbocycles. The molecule has 0 unspecified atom stereocenters. The van der Waals surface area contributed by atoms with Crippen LogP contribution in [0.3, 0.4) is 0 Å². The van der Waals surface area contributed by atoms with E-state index in [2.05, 4.69) is 4.98 Å². The normalized spacial score (nSPS) is 13.2. The number of aromatic nitrogens is 1. The summed E-state index contributed by atoms with van der Waals surface area (Å²) in [4.78, 5) is 51.8. The molecule has 4 rings (SSSR count). The lowest BCUT2D eigenvalue weighted by molar-refractivity contribution is -0.384. The molecule has 2 heterocycles. The van der Waals surface area contributed by atoms with Gasteiger partial charge in [-0.3, -0.25) is 29.4 Å². The molecule has 0 bridgehead atoms. The first-order valence-corrected chi connectivity index (χ1v) is 8.63. The van der Waals surface area contributed by atoms with Crippen LogP contribution in [-0.2, 0) is 6.42 Å². The summed E-state index contributed by atoms with van der Waals surface area (Å²) >= 11 is 0. The predicted octanol–water partition coefficient (Wildman–Crippen LogP) is 3.12. The molecule has 0 radical (unpaired) electrons. The van der Waals surface area contributed by atoms with Crippen molar-refractivity contribution in [1.29, 1.82) is 0 Å². The molecule has 0 saturated heterocycles. The van der Waals surface area contributed by atoms with E-state index in [1.165, 1.54) is 19.1 Å². The highest BCUT2D eigenvalue weighted by Gasteiger charge is 2.35. The zero-order valence-electron chi connectivity index (χ0n) is 14.9. The molecule has 2 amide bonds. The van der Waals surface area contributed by atoms with Crippen LogP contribution >= 0.6 is 0 Å². The summed E-state index contributed by atoms with van der Waals surface area (Å²) < 4.78 is 0. The van der Waals surface area contributed by atoms with Gasteiger partial charge in [-0.15, -0.1) is 0 Å². The second-order valence-electron chi connectivity index (χ2n) is 6.58. The number of H-pyrrole nitrogens is 1. The molecule has 2 aromatic carbocycles. The first-order valence-electron chi connectivity index (χ1n) is 8.63. The third-order valence-corrected chi connectivity index (χ3v) is 4.92. The Morgan fingerprint density at radius 2 is 1.75 bits per heavy atom. The first-order chi connectivity index (χ1) is 13.4. The van der Waals surface area contributed by atoms with Crippen LogP contribution in [0.25, 0.3) is 10.9 Å². The molecule has 3 aromatic rings. The van der Waals surface area contributed by atoms with Crippen molar-refractivity contribution in [2.75, 3.05) is 6.54 Å². The molecule has 8 heteroatoms. The van der Waals surface area contributed by atoms with Gasteiger partial charge in [-0.1, -0.05) is 12.1 Å². The minimum Gasteiger partial charge on any atom is -0.352 e. The lowest BCUT2D eigenvalue weighted by atomic mass is 10.0. The van der Waals surface area contributed by atoms with Crippen molar-refractivity contribution in [2.24, 2.45) is 0 Å². The lowest BCUT2D eigenvalue weighted by Crippen LogP contribution is -2.32. The van der Waals surface area contributed by atoms with Crippen LogP contribution in [0.15, 0.2) is 42.5 Å². The lowest BCUT2D eigenvalue weighted by Gasteiger charge is -2.14. The maximum Gasteiger partial charge on any atom is 0.270 e. The van der Waals surface area contributed by atoms with E-state index in [4.69, 9.17) is 0 Å². The Morgan fingerprint density at radius 1 is 1.11 bits per heavy atom. The number of imide groups is 1. The molecular formula is C20H15N3O5. The van der Waals surface area contributed by atoms with Gasteiger partial charge < -0.3 is 4.98 Å². The zero-order chi connectivity index (χ0) is 20.0. The van der Waals surface area contributed by atoms with Gasteiger partial charge in [0.25, 0.3) is 17.5 Å². The second kappa shape index (κ2) is 6.41. The molecule has 8 nitrogen and oxygen atoms in total. The van der Waals surface area contributed by atoms with Crippen molar-refractivity contribution in [3.63, 3.8) is 0 Å². The molecule has 0 atom stereocenters. The average Bonchev–Trinajstić information content (AvgIpc) is 3.16. The van der Waals surface area contributed by atoms with Gasteiger partial charge in [0.05, 0.1) is 21.7 Å². The van der Waals surface area contributed by atoms with Gasteiger partial charge in [-0.2, -0.15) is 0 Å². The Labute approximate surface area is 158 Å². The number of non-ortho nitro benzene ring substituents is 1. The SMILES string of the molecule is CC(=O)c1[nH]c2ccc([N+](=O)[O-])cc2c1CCN1C(=O)c2ccccc2C1=O. The minimum absolute atomic E-state index is 0.0717. The van der Waals surface area contributed by atoms with E-state index in [-0.39, 0.29) is 36.3 Å². The fourth-order valence-electron chi connectivity index (χ4n) is 3.58. The molecular weight excluding hydrogens is 362 g/mol. The van der Waals surface area contributed by atoms with E-state index < -0.39 is 4.92 Å². The quantitative estimate of drug-likeness (QED) is 0.318. The van der Waals surface area contributed by atoms with Gasteiger partial charge in [0.15, 0.2) is 5.78 Å². The van der Waals surface area contributed by atoms with Gasteiger partial charge >= 0.3 is 0 Å². The van der Waals surface area contributed by atoms with Crippen LogP contribution in [0.4, 0.5) is 5.69 Å². The van der Waals surface area contributed by atoms with Crippen LogP contribution in [0, 0.1) is 10.1 Å². The van der Waals surface area contributed by atoms with E-state index in [0.717, 1.165) is 4.90 Å². The number of nitrogens with zero attached hydrogens (tertiary/aromatic N) is 2. The van der Waals surface area contributed by atoms with Crippen molar-refractivity contribution in [3.8, 4) is 0 Å². The smallest absolute Gasteiger partial charge is 0.270 e. The summed E-state index contributed by atoms with van der Waals surface area (Å²) in [5, 5.41) is 11.6. The Balaban J connectivity index is 1.70. The number of Topliss-reactive ketones (excluding diaryl/α,β-unsaturated/α-hetero) is 1. The number of carbonyl (C=O) groups is 3. The molecule has 140 valence electrons. The number of hydrogen-bond acceptors (Lipinski definition) is 5. The Bertz CT molecular complexity index is 1140. The van der Waals surface area contributed by atoms with Crippen LogP contribution in [0.2, 0.25) is 0 Å². The van der Waals surface area contributed by atoms with Crippen molar-refractivity contribution < 1.29 is 19.3 Å². The molecule has 0 spiro atoms. The van der Waals surface area contributed by atoms with Crippen LogP contribution < -0.4 is 0 Å². The monoisotopic (exact) mass is 377 g/mol. The number of nitro groups is 1. The highest BCUT2D eigenvalue weighted by atomic mass is 16.6. The van der Waals surface area contributed by atoms with Gasteiger partial charge in [-0.25, -0.2) is 0 Å². The van der Waals surface area contributed by atoms with Gasteiger partial charge in [0, 0.05) is 36.5 Å². The van der Waals surface area contributed by atoms with E-state index >= 15 is 0 Å². The Kier molecular flexibility index (Phi) is 4.03. The molecule has 1 aromatic heterocycles. The fraction of sp³-hybridized carbons (Fsp3) is 0.150. The predicted molar refractivity (Wildman–Crippen MR) is 100 cm³/mol. The van der Waals surface area contributed by atoms with Gasteiger partial charge in [-0.05, 0) is 30.2 Å². The minimum atomic E-state index is -0.506. The van der Waals surface area contributed by atoms with Crippen molar-refractivity contribution in [2.45, 2.75) is 13.3 Å². The summed E-state index contributed by atoms with van der Waals surface area (Å²) in [6, 6.07) is 10.9. The fourth-order valence-corrected chi connectivity index (χ4v) is 3.58. The van der Waals surface area contributed by atoms with E-state index in [9.17, 15) is 24.5 Å². The summed E-state index contributed by atoms with van der Waals surface area (Å²) in [7, 11) is 0. The van der Waals surface area contributed by atoms with Crippen LogP contribution in [0.5, 0.6) is 0 Å². The van der Waals surface area contributed by atoms with E-state index in [1.807, 2.05) is 0 Å². The molecule has 1 aliphatic heterocycles. The van der Waals surface area contributed by atoms with Gasteiger partial charge in [0.2, 0.25) is 0 Å². The standard InChI is InChI=1S/C20H15N3O5/c1-11(24)18-13(16-10-12(23(27)28)6-7-17(16)21-18)8-9-22-19(25)14-4-2-3-5-15(14)20(22)26/h2-7,10,21H,8-9H2,1H3. The first kappa shape index (κ1) is 17.6. The number of amides is 2. The molecule has 1 N–H and O–H groups in total. The number of nitro benzene ring substituents is 1. The second-order valence-corrected chi connectivity index (χ2v) is 6.58. The molecule has 0 aliphatic carbocycles. The van der Waals surface area contributed by atoms with Crippen molar-refractivity contribution in [1.82, 2.24) is 9.88 Å². The average molecular weight is 377 g/mol. The third-order valence-electron chi connectivity index (χ3n) is 4.92. The van der Waals surface area contributed by atoms with Crippen molar-refractivity contribution in [3.05, 3.63) is 75.0 Å². The zero-order valence-corrected chi connectivity index (χ0v) is 14.9. The van der Waals surface area contributed by atoms with Crippen LogP contribution in [-0.4, -0.2) is 38.9 Å². The van der Waals surface area contributed by atoms with Crippen LogP contribution in [0.1, 0.15) is 43.7 Å². The number of hydrogen-bond donors (Lipinski definition) is 1. The number of ketones is 1. The molecule has 0 fully saturated rings. The Morgan fingerprint density at radius 3 is 2.32 bits per heavy atom.